The molecule has 1 amide bonds. The molecule has 2 aromatic carbocycles. The van der Waals surface area contributed by atoms with Crippen molar-refractivity contribution in [3.8, 4) is 0 Å². The molecule has 32 heavy (non-hydrogen) atoms. The molecular formula is C25H30N6O. The van der Waals surface area contributed by atoms with Crippen LogP contribution in [0.5, 0.6) is 0 Å². The molecule has 4 rings (SSSR count). The zero-order valence-corrected chi connectivity index (χ0v) is 18.1. The second-order valence-electron chi connectivity index (χ2n) is 8.08. The van der Waals surface area contributed by atoms with Crippen LogP contribution in [0.15, 0.2) is 66.9 Å². The topological polar surface area (TPSA) is 104 Å². The van der Waals surface area contributed by atoms with E-state index in [1.54, 1.807) is 6.20 Å². The predicted octanol–water partition coefficient (Wildman–Crippen LogP) is 3.63. The minimum Gasteiger partial charge on any atom is -0.382 e. The summed E-state index contributed by atoms with van der Waals surface area (Å²) in [6, 6.07) is 20.8. The molecule has 0 atom stereocenters. The molecule has 1 aliphatic rings. The summed E-state index contributed by atoms with van der Waals surface area (Å²) < 4.78 is 0. The van der Waals surface area contributed by atoms with E-state index in [-0.39, 0.29) is 12.3 Å². The smallest absolute Gasteiger partial charge is 0.221 e. The van der Waals surface area contributed by atoms with Gasteiger partial charge in [-0.25, -0.2) is 4.98 Å². The molecule has 1 aliphatic heterocycles. The molecule has 1 fully saturated rings. The lowest BCUT2D eigenvalue weighted by molar-refractivity contribution is -0.117. The second kappa shape index (κ2) is 10.6. The van der Waals surface area contributed by atoms with Crippen LogP contribution in [0.2, 0.25) is 0 Å². The van der Waals surface area contributed by atoms with Crippen molar-refractivity contribution in [3.63, 3.8) is 0 Å². The summed E-state index contributed by atoms with van der Waals surface area (Å²) in [5.41, 5.74) is 10.3. The third-order valence-corrected chi connectivity index (χ3v) is 5.54. The highest BCUT2D eigenvalue weighted by atomic mass is 16.1. The number of anilines is 4. The number of benzene rings is 2. The lowest BCUT2D eigenvalue weighted by Crippen LogP contribution is -2.35. The Balaban J connectivity index is 1.43. The van der Waals surface area contributed by atoms with Gasteiger partial charge >= 0.3 is 0 Å². The molecule has 0 bridgehead atoms. The van der Waals surface area contributed by atoms with Crippen LogP contribution in [0.1, 0.15) is 24.0 Å². The lowest BCUT2D eigenvalue weighted by Gasteiger charge is -2.24. The molecule has 0 aliphatic carbocycles. The van der Waals surface area contributed by atoms with Crippen molar-refractivity contribution in [2.75, 3.05) is 29.0 Å². The molecule has 0 spiro atoms. The van der Waals surface area contributed by atoms with E-state index in [1.165, 1.54) is 0 Å². The van der Waals surface area contributed by atoms with Crippen molar-refractivity contribution in [1.29, 1.82) is 0 Å². The van der Waals surface area contributed by atoms with Crippen LogP contribution >= 0.6 is 0 Å². The van der Waals surface area contributed by atoms with Crippen molar-refractivity contribution < 1.29 is 4.79 Å². The van der Waals surface area contributed by atoms with E-state index in [4.69, 9.17) is 5.73 Å². The van der Waals surface area contributed by atoms with E-state index in [0.29, 0.717) is 18.4 Å². The maximum absolute atomic E-state index is 11.5. The second-order valence-corrected chi connectivity index (χ2v) is 8.08. The number of amides is 1. The van der Waals surface area contributed by atoms with E-state index in [9.17, 15) is 4.79 Å². The Hall–Kier alpha value is -3.58. The van der Waals surface area contributed by atoms with Gasteiger partial charge in [-0.1, -0.05) is 30.3 Å². The highest BCUT2D eigenvalue weighted by Gasteiger charge is 2.12. The van der Waals surface area contributed by atoms with Crippen LogP contribution in [0.3, 0.4) is 0 Å². The third kappa shape index (κ3) is 6.21. The van der Waals surface area contributed by atoms with Gasteiger partial charge in [0.25, 0.3) is 0 Å². The summed E-state index contributed by atoms with van der Waals surface area (Å²) in [4.78, 5) is 16.0. The van der Waals surface area contributed by atoms with Crippen LogP contribution in [0, 0.1) is 0 Å². The van der Waals surface area contributed by atoms with Crippen molar-refractivity contribution >= 4 is 28.8 Å². The SMILES string of the molecule is NC(=O)Cc1cnc(Nc2ccc(NC3CCNCC3)cc2)cc1NCc1ccccc1. The normalized spacial score (nSPS) is 14.0. The highest BCUT2D eigenvalue weighted by Crippen LogP contribution is 2.24. The largest absolute Gasteiger partial charge is 0.382 e. The number of nitrogens with zero attached hydrogens (tertiary/aromatic N) is 1. The van der Waals surface area contributed by atoms with Gasteiger partial charge in [0, 0.05) is 47.5 Å². The molecule has 0 saturated carbocycles. The average molecular weight is 431 g/mol. The lowest BCUT2D eigenvalue weighted by atomic mass is 10.1. The molecule has 1 aromatic heterocycles. The number of nitrogens with two attached hydrogens (primary N) is 1. The summed E-state index contributed by atoms with van der Waals surface area (Å²) in [7, 11) is 0. The maximum Gasteiger partial charge on any atom is 0.221 e. The third-order valence-electron chi connectivity index (χ3n) is 5.54. The number of carbonyl (C=O) groups is 1. The summed E-state index contributed by atoms with van der Waals surface area (Å²) in [5.74, 6) is 0.319. The number of aromatic nitrogens is 1. The first-order valence-corrected chi connectivity index (χ1v) is 11.0. The Kier molecular flexibility index (Phi) is 7.19. The fraction of sp³-hybridized carbons (Fsp3) is 0.280. The van der Waals surface area contributed by atoms with Crippen LogP contribution in [-0.2, 0) is 17.8 Å². The molecular weight excluding hydrogens is 400 g/mol. The minimum absolute atomic E-state index is 0.140. The number of pyridine rings is 1. The summed E-state index contributed by atoms with van der Waals surface area (Å²) in [6.45, 7) is 2.78. The van der Waals surface area contributed by atoms with Crippen LogP contribution in [-0.4, -0.2) is 30.0 Å². The minimum atomic E-state index is -0.382. The van der Waals surface area contributed by atoms with E-state index in [1.807, 2.05) is 36.4 Å². The molecule has 6 N–H and O–H groups in total. The molecule has 2 heterocycles. The molecule has 0 radical (unpaired) electrons. The Morgan fingerprint density at radius 3 is 2.47 bits per heavy atom. The molecule has 1 saturated heterocycles. The van der Waals surface area contributed by atoms with Crippen LogP contribution in [0.4, 0.5) is 22.9 Å². The van der Waals surface area contributed by atoms with Crippen LogP contribution in [0.25, 0.3) is 0 Å². The Morgan fingerprint density at radius 1 is 1.03 bits per heavy atom. The number of hydrogen-bond donors (Lipinski definition) is 5. The predicted molar refractivity (Wildman–Crippen MR) is 130 cm³/mol. The molecule has 7 heteroatoms. The van der Waals surface area contributed by atoms with Crippen molar-refractivity contribution in [3.05, 3.63) is 78.0 Å². The zero-order valence-electron chi connectivity index (χ0n) is 18.1. The first-order chi connectivity index (χ1) is 15.7. The number of rotatable bonds is 9. The highest BCUT2D eigenvalue weighted by molar-refractivity contribution is 5.79. The van der Waals surface area contributed by atoms with Gasteiger partial charge in [0.05, 0.1) is 6.42 Å². The van der Waals surface area contributed by atoms with Gasteiger partial charge in [0.1, 0.15) is 5.82 Å². The first kappa shape index (κ1) is 21.6. The summed E-state index contributed by atoms with van der Waals surface area (Å²) in [5, 5.41) is 13.7. The maximum atomic E-state index is 11.5. The Bertz CT molecular complexity index is 1020. The van der Waals surface area contributed by atoms with Gasteiger partial charge < -0.3 is 27.0 Å². The number of primary amides is 1. The Morgan fingerprint density at radius 2 is 1.75 bits per heavy atom. The first-order valence-electron chi connectivity index (χ1n) is 11.0. The molecule has 166 valence electrons. The number of piperidine rings is 1. The molecule has 7 nitrogen and oxygen atoms in total. The molecule has 3 aromatic rings. The van der Waals surface area contributed by atoms with Gasteiger partial charge in [-0.3, -0.25) is 4.79 Å². The zero-order chi connectivity index (χ0) is 22.2. The van der Waals surface area contributed by atoms with Gasteiger partial charge in [-0.15, -0.1) is 0 Å². The van der Waals surface area contributed by atoms with Gasteiger partial charge in [-0.05, 0) is 55.8 Å². The van der Waals surface area contributed by atoms with Gasteiger partial charge in [-0.2, -0.15) is 0 Å². The quantitative estimate of drug-likeness (QED) is 0.355. The average Bonchev–Trinajstić information content (AvgIpc) is 2.81. The van der Waals surface area contributed by atoms with E-state index in [0.717, 1.165) is 54.1 Å². The fourth-order valence-electron chi connectivity index (χ4n) is 3.84. The molecule has 0 unspecified atom stereocenters. The fourth-order valence-corrected chi connectivity index (χ4v) is 3.84. The summed E-state index contributed by atoms with van der Waals surface area (Å²) in [6.07, 6.45) is 4.12. The van der Waals surface area contributed by atoms with Crippen molar-refractivity contribution in [2.45, 2.75) is 31.8 Å². The van der Waals surface area contributed by atoms with Gasteiger partial charge in [0.2, 0.25) is 5.91 Å². The Labute approximate surface area is 188 Å². The standard InChI is InChI=1S/C25H30N6O/c26-24(32)14-19-17-29-25(15-23(19)28-16-18-4-2-1-3-5-18)31-21-8-6-20(7-9-21)30-22-10-12-27-13-11-22/h1-9,15,17,22,27,30H,10-14,16H2,(H2,26,32)(H2,28,29,31). The summed E-state index contributed by atoms with van der Waals surface area (Å²) >= 11 is 0. The van der Waals surface area contributed by atoms with E-state index < -0.39 is 0 Å². The monoisotopic (exact) mass is 430 g/mol. The van der Waals surface area contributed by atoms with E-state index in [2.05, 4.69) is 50.5 Å². The van der Waals surface area contributed by atoms with Crippen molar-refractivity contribution in [2.24, 2.45) is 5.73 Å². The van der Waals surface area contributed by atoms with Crippen LogP contribution < -0.4 is 27.0 Å². The van der Waals surface area contributed by atoms with E-state index >= 15 is 0 Å². The number of carbonyl (C=O) groups excluding carboxylic acids is 1. The number of hydrogen-bond acceptors (Lipinski definition) is 6. The number of nitrogens with one attached hydrogen (secondary N) is 4. The van der Waals surface area contributed by atoms with Crippen molar-refractivity contribution in [1.82, 2.24) is 10.3 Å². The van der Waals surface area contributed by atoms with Gasteiger partial charge in [0.15, 0.2) is 0 Å².